The van der Waals surface area contributed by atoms with Crippen LogP contribution in [0.1, 0.15) is 24.0 Å². The molecule has 2 heterocycles. The van der Waals surface area contributed by atoms with Crippen molar-refractivity contribution >= 4 is 39.0 Å². The fraction of sp³-hybridized carbons (Fsp3) is 0.353. The van der Waals surface area contributed by atoms with Gasteiger partial charge in [-0.25, -0.2) is 18.1 Å². The van der Waals surface area contributed by atoms with E-state index < -0.39 is 10.0 Å². The van der Waals surface area contributed by atoms with Crippen LogP contribution in [0.2, 0.25) is 10.0 Å². The Balaban J connectivity index is 1.63. The minimum atomic E-state index is -3.48. The SMILES string of the molecule is O=S(=O)(Cc1ccc(Cl)c(Cl)c1)NCc1ccnc(N2CCCC2)c1. The van der Waals surface area contributed by atoms with Gasteiger partial charge in [0.1, 0.15) is 5.82 Å². The van der Waals surface area contributed by atoms with E-state index in [9.17, 15) is 8.42 Å². The first-order valence-corrected chi connectivity index (χ1v) is 10.4. The summed E-state index contributed by atoms with van der Waals surface area (Å²) in [5.41, 5.74) is 1.48. The Morgan fingerprint density at radius 2 is 1.80 bits per heavy atom. The van der Waals surface area contributed by atoms with Crippen molar-refractivity contribution in [2.75, 3.05) is 18.0 Å². The number of aromatic nitrogens is 1. The molecule has 5 nitrogen and oxygen atoms in total. The van der Waals surface area contributed by atoms with Gasteiger partial charge in [0.05, 0.1) is 15.8 Å². The highest BCUT2D eigenvalue weighted by molar-refractivity contribution is 7.88. The molecule has 1 N–H and O–H groups in total. The maximum atomic E-state index is 12.3. The van der Waals surface area contributed by atoms with E-state index in [-0.39, 0.29) is 12.3 Å². The fourth-order valence-electron chi connectivity index (χ4n) is 2.78. The van der Waals surface area contributed by atoms with Gasteiger partial charge in [-0.1, -0.05) is 29.3 Å². The molecule has 2 aromatic rings. The van der Waals surface area contributed by atoms with Crippen LogP contribution in [0.15, 0.2) is 36.5 Å². The second-order valence-electron chi connectivity index (χ2n) is 6.05. The summed E-state index contributed by atoms with van der Waals surface area (Å²) in [4.78, 5) is 6.59. The lowest BCUT2D eigenvalue weighted by Gasteiger charge is -2.17. The quantitative estimate of drug-likeness (QED) is 0.805. The minimum Gasteiger partial charge on any atom is -0.357 e. The van der Waals surface area contributed by atoms with E-state index in [0.717, 1.165) is 24.5 Å². The zero-order chi connectivity index (χ0) is 17.9. The Morgan fingerprint density at radius 1 is 1.04 bits per heavy atom. The van der Waals surface area contributed by atoms with Gasteiger partial charge in [0.15, 0.2) is 0 Å². The zero-order valence-corrected chi connectivity index (χ0v) is 15.9. The Morgan fingerprint density at radius 3 is 2.52 bits per heavy atom. The highest BCUT2D eigenvalue weighted by Gasteiger charge is 2.15. The lowest BCUT2D eigenvalue weighted by Crippen LogP contribution is -2.25. The molecule has 0 bridgehead atoms. The largest absolute Gasteiger partial charge is 0.357 e. The number of nitrogens with one attached hydrogen (secondary N) is 1. The van der Waals surface area contributed by atoms with E-state index in [2.05, 4.69) is 14.6 Å². The summed E-state index contributed by atoms with van der Waals surface area (Å²) in [5, 5.41) is 0.751. The van der Waals surface area contributed by atoms with Gasteiger partial charge >= 0.3 is 0 Å². The molecule has 3 rings (SSSR count). The monoisotopic (exact) mass is 399 g/mol. The van der Waals surface area contributed by atoms with Crippen LogP contribution in [-0.4, -0.2) is 26.5 Å². The molecule has 0 spiro atoms. The third-order valence-electron chi connectivity index (χ3n) is 4.08. The van der Waals surface area contributed by atoms with Gasteiger partial charge in [0, 0.05) is 25.8 Å². The van der Waals surface area contributed by atoms with Gasteiger partial charge in [0.2, 0.25) is 10.0 Å². The highest BCUT2D eigenvalue weighted by atomic mass is 35.5. The second kappa shape index (κ2) is 7.91. The summed E-state index contributed by atoms with van der Waals surface area (Å²) in [7, 11) is -3.48. The molecule has 1 aromatic heterocycles. The Kier molecular flexibility index (Phi) is 5.84. The molecule has 0 radical (unpaired) electrons. The normalized spacial score (nSPS) is 14.9. The van der Waals surface area contributed by atoms with Crippen LogP contribution in [0.4, 0.5) is 5.82 Å². The number of rotatable bonds is 6. The Labute approximate surface area is 158 Å². The number of sulfonamides is 1. The van der Waals surface area contributed by atoms with Gasteiger partial charge in [-0.15, -0.1) is 0 Å². The summed E-state index contributed by atoms with van der Waals surface area (Å²) in [6.07, 6.45) is 4.06. The van der Waals surface area contributed by atoms with Crippen LogP contribution in [-0.2, 0) is 22.3 Å². The summed E-state index contributed by atoms with van der Waals surface area (Å²) in [6.45, 7) is 2.23. The third-order valence-corrected chi connectivity index (χ3v) is 6.11. The highest BCUT2D eigenvalue weighted by Crippen LogP contribution is 2.23. The molecule has 0 aliphatic carbocycles. The van der Waals surface area contributed by atoms with Crippen LogP contribution in [0, 0.1) is 0 Å². The number of halogens is 2. The van der Waals surface area contributed by atoms with Crippen molar-refractivity contribution in [3.63, 3.8) is 0 Å². The van der Waals surface area contributed by atoms with Crippen LogP contribution in [0.25, 0.3) is 0 Å². The van der Waals surface area contributed by atoms with E-state index >= 15 is 0 Å². The van der Waals surface area contributed by atoms with Crippen molar-refractivity contribution < 1.29 is 8.42 Å². The summed E-state index contributed by atoms with van der Waals surface area (Å²) in [6, 6.07) is 8.58. The molecule has 0 atom stereocenters. The Bertz CT molecular complexity index is 853. The molecule has 1 aliphatic heterocycles. The zero-order valence-electron chi connectivity index (χ0n) is 13.6. The second-order valence-corrected chi connectivity index (χ2v) is 8.67. The van der Waals surface area contributed by atoms with Crippen molar-refractivity contribution in [2.24, 2.45) is 0 Å². The maximum Gasteiger partial charge on any atom is 0.216 e. The number of hydrogen-bond donors (Lipinski definition) is 1. The summed E-state index contributed by atoms with van der Waals surface area (Å²) < 4.78 is 27.2. The average Bonchev–Trinajstić information content (AvgIpc) is 3.11. The van der Waals surface area contributed by atoms with Gasteiger partial charge in [0.25, 0.3) is 0 Å². The van der Waals surface area contributed by atoms with E-state index in [1.165, 1.54) is 12.8 Å². The van der Waals surface area contributed by atoms with Gasteiger partial charge in [-0.2, -0.15) is 0 Å². The molecule has 8 heteroatoms. The molecule has 0 amide bonds. The summed E-state index contributed by atoms with van der Waals surface area (Å²) >= 11 is 11.8. The lowest BCUT2D eigenvalue weighted by atomic mass is 10.2. The molecule has 134 valence electrons. The van der Waals surface area contributed by atoms with E-state index in [4.69, 9.17) is 23.2 Å². The number of benzene rings is 1. The van der Waals surface area contributed by atoms with Gasteiger partial charge in [-0.05, 0) is 48.2 Å². The van der Waals surface area contributed by atoms with E-state index in [1.54, 1.807) is 24.4 Å². The maximum absolute atomic E-state index is 12.3. The van der Waals surface area contributed by atoms with Crippen LogP contribution in [0.5, 0.6) is 0 Å². The minimum absolute atomic E-state index is 0.145. The molecular weight excluding hydrogens is 381 g/mol. The predicted octanol–water partition coefficient (Wildman–Crippen LogP) is 3.61. The number of pyridine rings is 1. The van der Waals surface area contributed by atoms with Crippen molar-refractivity contribution in [2.45, 2.75) is 25.1 Å². The van der Waals surface area contributed by atoms with Crippen LogP contribution >= 0.6 is 23.2 Å². The molecule has 1 aliphatic rings. The number of hydrogen-bond acceptors (Lipinski definition) is 4. The van der Waals surface area contributed by atoms with E-state index in [1.807, 2.05) is 12.1 Å². The topological polar surface area (TPSA) is 62.3 Å². The molecule has 25 heavy (non-hydrogen) atoms. The molecule has 0 saturated carbocycles. The average molecular weight is 400 g/mol. The Hall–Kier alpha value is -1.34. The standard InChI is InChI=1S/C17H19Cl2N3O2S/c18-15-4-3-14(9-16(15)19)12-25(23,24)21-11-13-5-6-20-17(10-13)22-7-1-2-8-22/h3-6,9-10,21H,1-2,7-8,11-12H2. The first-order chi connectivity index (χ1) is 11.9. The van der Waals surface area contributed by atoms with Crippen LogP contribution in [0.3, 0.4) is 0 Å². The van der Waals surface area contributed by atoms with Crippen LogP contribution < -0.4 is 9.62 Å². The predicted molar refractivity (Wildman–Crippen MR) is 102 cm³/mol. The van der Waals surface area contributed by atoms with Crippen molar-refractivity contribution in [3.8, 4) is 0 Å². The number of nitrogens with zero attached hydrogens (tertiary/aromatic N) is 2. The van der Waals surface area contributed by atoms with Crippen molar-refractivity contribution in [1.82, 2.24) is 9.71 Å². The first kappa shape index (κ1) is 18.5. The number of anilines is 1. The molecule has 0 unspecified atom stereocenters. The van der Waals surface area contributed by atoms with Gasteiger partial charge < -0.3 is 4.90 Å². The fourth-order valence-corrected chi connectivity index (χ4v) is 4.21. The first-order valence-electron chi connectivity index (χ1n) is 8.04. The molecule has 1 aromatic carbocycles. The molecular formula is C17H19Cl2N3O2S. The summed E-state index contributed by atoms with van der Waals surface area (Å²) in [5.74, 6) is 0.757. The molecule has 1 saturated heterocycles. The van der Waals surface area contributed by atoms with Crippen molar-refractivity contribution in [1.29, 1.82) is 0 Å². The smallest absolute Gasteiger partial charge is 0.216 e. The third kappa shape index (κ3) is 5.07. The van der Waals surface area contributed by atoms with E-state index in [0.29, 0.717) is 15.6 Å². The van der Waals surface area contributed by atoms with Gasteiger partial charge in [-0.3, -0.25) is 0 Å². The van der Waals surface area contributed by atoms with Crippen molar-refractivity contribution in [3.05, 3.63) is 57.7 Å². The molecule has 1 fully saturated rings. The lowest BCUT2D eigenvalue weighted by molar-refractivity contribution is 0.580.